The minimum Gasteiger partial charge on any atom is -0.323 e. The molecule has 1 aromatic heterocycles. The van der Waals surface area contributed by atoms with Crippen molar-refractivity contribution in [3.05, 3.63) is 29.0 Å². The van der Waals surface area contributed by atoms with Crippen LogP contribution < -0.4 is 5.73 Å². The van der Waals surface area contributed by atoms with Crippen LogP contribution in [-0.4, -0.2) is 4.98 Å². The predicted molar refractivity (Wildman–Crippen MR) is 49.1 cm³/mol. The molecule has 0 saturated heterocycles. The van der Waals surface area contributed by atoms with Gasteiger partial charge in [0, 0.05) is 6.04 Å². The summed E-state index contributed by atoms with van der Waals surface area (Å²) in [6.45, 7) is 1.87. The number of hydrogen-bond acceptors (Lipinski definition) is 2. The minimum atomic E-state index is -0.0429. The number of hydrogen-bond donors (Lipinski definition) is 1. The highest BCUT2D eigenvalue weighted by molar-refractivity contribution is 6.29. The molecule has 0 unspecified atom stereocenters. The van der Waals surface area contributed by atoms with Gasteiger partial charge in [0.25, 0.3) is 0 Å². The molecule has 11 heavy (non-hydrogen) atoms. The maximum atomic E-state index is 5.62. The van der Waals surface area contributed by atoms with Gasteiger partial charge in [0.2, 0.25) is 0 Å². The van der Waals surface area contributed by atoms with E-state index in [1.807, 2.05) is 19.1 Å². The molecule has 62 valence electrons. The molecule has 0 aliphatic carbocycles. The van der Waals surface area contributed by atoms with Gasteiger partial charge in [-0.25, -0.2) is 4.98 Å². The molecule has 2 N–H and O–H groups in total. The number of rotatable bonds is 1. The molecule has 0 bridgehead atoms. The van der Waals surface area contributed by atoms with E-state index in [1.165, 1.54) is 0 Å². The fraction of sp³-hybridized carbons (Fsp3) is 0.286. The van der Waals surface area contributed by atoms with Crippen molar-refractivity contribution in [1.82, 2.24) is 4.98 Å². The Morgan fingerprint density at radius 2 is 2.18 bits per heavy atom. The van der Waals surface area contributed by atoms with Crippen LogP contribution >= 0.6 is 24.0 Å². The molecule has 0 aliphatic heterocycles. The summed E-state index contributed by atoms with van der Waals surface area (Å²) in [4.78, 5) is 4.01. The van der Waals surface area contributed by atoms with E-state index in [2.05, 4.69) is 4.98 Å². The van der Waals surface area contributed by atoms with Gasteiger partial charge < -0.3 is 5.73 Å². The lowest BCUT2D eigenvalue weighted by atomic mass is 10.2. The van der Waals surface area contributed by atoms with E-state index in [9.17, 15) is 0 Å². The molecule has 1 heterocycles. The van der Waals surface area contributed by atoms with Gasteiger partial charge in [0.05, 0.1) is 5.69 Å². The Labute approximate surface area is 77.2 Å². The molecule has 0 aliphatic rings. The summed E-state index contributed by atoms with van der Waals surface area (Å²) >= 11 is 5.62. The third kappa shape index (κ3) is 3.06. The van der Waals surface area contributed by atoms with Crippen LogP contribution in [0.25, 0.3) is 0 Å². The Morgan fingerprint density at radius 3 is 2.55 bits per heavy atom. The lowest BCUT2D eigenvalue weighted by Crippen LogP contribution is -2.06. The lowest BCUT2D eigenvalue weighted by molar-refractivity contribution is 0.781. The number of nitrogens with zero attached hydrogens (tertiary/aromatic N) is 1. The summed E-state index contributed by atoms with van der Waals surface area (Å²) in [5, 5.41) is 0.495. The normalized spacial score (nSPS) is 11.9. The summed E-state index contributed by atoms with van der Waals surface area (Å²) in [5.41, 5.74) is 6.39. The van der Waals surface area contributed by atoms with Crippen molar-refractivity contribution in [1.29, 1.82) is 0 Å². The first-order valence-corrected chi connectivity index (χ1v) is 3.46. The molecule has 0 radical (unpaired) electrons. The van der Waals surface area contributed by atoms with Crippen LogP contribution in [0.5, 0.6) is 0 Å². The molecule has 1 aromatic rings. The van der Waals surface area contributed by atoms with Gasteiger partial charge in [-0.3, -0.25) is 0 Å². The molecular formula is C7H10Cl2N2. The van der Waals surface area contributed by atoms with Crippen LogP contribution in [0.2, 0.25) is 5.15 Å². The third-order valence-corrected chi connectivity index (χ3v) is 1.41. The fourth-order valence-electron chi connectivity index (χ4n) is 0.678. The smallest absolute Gasteiger partial charge is 0.129 e. The molecule has 0 saturated carbocycles. The fourth-order valence-corrected chi connectivity index (χ4v) is 0.848. The zero-order valence-electron chi connectivity index (χ0n) is 6.12. The van der Waals surface area contributed by atoms with Crippen molar-refractivity contribution in [3.63, 3.8) is 0 Å². The highest BCUT2D eigenvalue weighted by Crippen LogP contribution is 2.09. The molecule has 0 spiro atoms. The standard InChI is InChI=1S/C7H9ClN2.ClH/c1-5(9)6-3-2-4-7(8)10-6;/h2-5H,9H2,1H3;1H/t5-;/m1./s1. The van der Waals surface area contributed by atoms with E-state index in [0.717, 1.165) is 5.69 Å². The lowest BCUT2D eigenvalue weighted by Gasteiger charge is -2.02. The second-order valence-electron chi connectivity index (χ2n) is 2.17. The van der Waals surface area contributed by atoms with E-state index in [4.69, 9.17) is 17.3 Å². The molecular weight excluding hydrogens is 183 g/mol. The van der Waals surface area contributed by atoms with Gasteiger partial charge >= 0.3 is 0 Å². The van der Waals surface area contributed by atoms with Crippen LogP contribution in [0.1, 0.15) is 18.7 Å². The van der Waals surface area contributed by atoms with Crippen molar-refractivity contribution in [2.24, 2.45) is 5.73 Å². The van der Waals surface area contributed by atoms with E-state index in [1.54, 1.807) is 6.07 Å². The number of pyridine rings is 1. The summed E-state index contributed by atoms with van der Waals surface area (Å²) in [6, 6.07) is 5.39. The average molecular weight is 193 g/mol. The largest absolute Gasteiger partial charge is 0.323 e. The molecule has 1 rings (SSSR count). The molecule has 0 amide bonds. The Morgan fingerprint density at radius 1 is 1.55 bits per heavy atom. The van der Waals surface area contributed by atoms with Gasteiger partial charge in [-0.05, 0) is 19.1 Å². The van der Waals surface area contributed by atoms with E-state index >= 15 is 0 Å². The van der Waals surface area contributed by atoms with E-state index in [0.29, 0.717) is 5.15 Å². The summed E-state index contributed by atoms with van der Waals surface area (Å²) in [5.74, 6) is 0. The van der Waals surface area contributed by atoms with Crippen molar-refractivity contribution < 1.29 is 0 Å². The minimum absolute atomic E-state index is 0. The van der Waals surface area contributed by atoms with Crippen molar-refractivity contribution in [2.75, 3.05) is 0 Å². The van der Waals surface area contributed by atoms with Crippen LogP contribution in [-0.2, 0) is 0 Å². The zero-order valence-corrected chi connectivity index (χ0v) is 7.69. The maximum Gasteiger partial charge on any atom is 0.129 e. The van der Waals surface area contributed by atoms with E-state index in [-0.39, 0.29) is 18.4 Å². The maximum absolute atomic E-state index is 5.62. The molecule has 2 nitrogen and oxygen atoms in total. The van der Waals surface area contributed by atoms with E-state index < -0.39 is 0 Å². The first-order chi connectivity index (χ1) is 4.70. The van der Waals surface area contributed by atoms with Gasteiger partial charge in [-0.1, -0.05) is 17.7 Å². The molecule has 0 aromatic carbocycles. The second-order valence-corrected chi connectivity index (χ2v) is 2.56. The SMILES string of the molecule is C[C@@H](N)c1cccc(Cl)n1.Cl. The topological polar surface area (TPSA) is 38.9 Å². The Hall–Kier alpha value is -0.310. The van der Waals surface area contributed by atoms with Crippen molar-refractivity contribution >= 4 is 24.0 Å². The van der Waals surface area contributed by atoms with Gasteiger partial charge in [0.15, 0.2) is 0 Å². The monoisotopic (exact) mass is 192 g/mol. The predicted octanol–water partition coefficient (Wildman–Crippen LogP) is 2.18. The van der Waals surface area contributed by atoms with Gasteiger partial charge in [0.1, 0.15) is 5.15 Å². The third-order valence-electron chi connectivity index (χ3n) is 1.20. The number of aromatic nitrogens is 1. The quantitative estimate of drug-likeness (QED) is 0.694. The Bertz CT molecular complexity index is 225. The van der Waals surface area contributed by atoms with Crippen LogP contribution in [0, 0.1) is 0 Å². The summed E-state index contributed by atoms with van der Waals surface area (Å²) in [6.07, 6.45) is 0. The van der Waals surface area contributed by atoms with Crippen molar-refractivity contribution in [2.45, 2.75) is 13.0 Å². The molecule has 4 heteroatoms. The van der Waals surface area contributed by atoms with Crippen LogP contribution in [0.3, 0.4) is 0 Å². The Balaban J connectivity index is 0.000001000. The number of halogens is 2. The van der Waals surface area contributed by atoms with Crippen molar-refractivity contribution in [3.8, 4) is 0 Å². The first kappa shape index (κ1) is 10.7. The van der Waals surface area contributed by atoms with Crippen LogP contribution in [0.15, 0.2) is 18.2 Å². The summed E-state index contributed by atoms with van der Waals surface area (Å²) in [7, 11) is 0. The van der Waals surface area contributed by atoms with Gasteiger partial charge in [-0.15, -0.1) is 12.4 Å². The second kappa shape index (κ2) is 4.54. The Kier molecular flexibility index (Phi) is 4.42. The highest BCUT2D eigenvalue weighted by atomic mass is 35.5. The molecule has 1 atom stereocenters. The van der Waals surface area contributed by atoms with Crippen LogP contribution in [0.4, 0.5) is 0 Å². The zero-order chi connectivity index (χ0) is 7.56. The average Bonchev–Trinajstić information content (AvgIpc) is 1.88. The van der Waals surface area contributed by atoms with Gasteiger partial charge in [-0.2, -0.15) is 0 Å². The molecule has 0 fully saturated rings. The highest BCUT2D eigenvalue weighted by Gasteiger charge is 1.99. The number of nitrogens with two attached hydrogens (primary N) is 1. The first-order valence-electron chi connectivity index (χ1n) is 3.08. The summed E-state index contributed by atoms with van der Waals surface area (Å²) < 4.78 is 0.